The molecule has 0 fully saturated rings. The molecule has 0 aliphatic heterocycles. The summed E-state index contributed by atoms with van der Waals surface area (Å²) in [4.78, 5) is 12.8. The van der Waals surface area contributed by atoms with Crippen LogP contribution in [0.5, 0.6) is 0 Å². The van der Waals surface area contributed by atoms with Crippen molar-refractivity contribution >= 4 is 43.9 Å². The van der Waals surface area contributed by atoms with Gasteiger partial charge in [0.2, 0.25) is 5.91 Å². The van der Waals surface area contributed by atoms with Crippen molar-refractivity contribution in [1.82, 2.24) is 4.57 Å². The minimum atomic E-state index is -3.73. The first kappa shape index (κ1) is 22.0. The van der Waals surface area contributed by atoms with E-state index >= 15 is 0 Å². The number of hydrogen-bond acceptors (Lipinski definition) is 3. The molecule has 0 atom stereocenters. The molecule has 0 bridgehead atoms. The smallest absolute Gasteiger partial charge is 0.244 e. The molecule has 0 spiro atoms. The van der Waals surface area contributed by atoms with Crippen LogP contribution in [0, 0.1) is 12.7 Å². The van der Waals surface area contributed by atoms with E-state index in [2.05, 4.69) is 5.32 Å². The Balaban J connectivity index is 1.64. The second-order valence-corrected chi connectivity index (χ2v) is 9.93. The molecule has 1 amide bonds. The van der Waals surface area contributed by atoms with Crippen molar-refractivity contribution in [3.05, 3.63) is 94.9 Å². The maximum atomic E-state index is 13.2. The van der Waals surface area contributed by atoms with Gasteiger partial charge in [0.1, 0.15) is 12.4 Å². The quantitative estimate of drug-likeness (QED) is 0.412. The minimum absolute atomic E-state index is 0.0709. The number of sulfone groups is 1. The maximum Gasteiger partial charge on any atom is 0.244 e. The molecule has 1 N–H and O–H groups in total. The summed E-state index contributed by atoms with van der Waals surface area (Å²) >= 11 is 6.02. The van der Waals surface area contributed by atoms with Crippen molar-refractivity contribution < 1.29 is 17.6 Å². The van der Waals surface area contributed by atoms with Gasteiger partial charge in [-0.3, -0.25) is 4.79 Å². The van der Waals surface area contributed by atoms with Gasteiger partial charge in [0, 0.05) is 27.8 Å². The molecule has 3 aromatic carbocycles. The zero-order valence-electron chi connectivity index (χ0n) is 17.2. The number of para-hydroxylation sites is 1. The third-order valence-corrected chi connectivity index (χ3v) is 7.09. The van der Waals surface area contributed by atoms with Gasteiger partial charge in [-0.2, -0.15) is 0 Å². The van der Waals surface area contributed by atoms with E-state index in [1.807, 2.05) is 13.0 Å². The summed E-state index contributed by atoms with van der Waals surface area (Å²) in [5, 5.41) is 3.86. The molecule has 0 aliphatic carbocycles. The number of benzene rings is 3. The highest BCUT2D eigenvalue weighted by molar-refractivity contribution is 7.90. The van der Waals surface area contributed by atoms with E-state index in [0.717, 1.165) is 5.56 Å². The third kappa shape index (κ3) is 4.69. The molecule has 8 heteroatoms. The molecule has 1 aromatic heterocycles. The van der Waals surface area contributed by atoms with Crippen LogP contribution in [0.25, 0.3) is 10.9 Å². The number of anilines is 1. The predicted molar refractivity (Wildman–Crippen MR) is 124 cm³/mol. The Morgan fingerprint density at radius 1 is 1.06 bits per heavy atom. The standard InChI is InChI=1S/C24H20ClFN2O3S/c1-16-6-9-18(25)12-21(16)27-24(29)14-28-13-23(20-4-2-3-5-22(20)28)32(30,31)15-17-7-10-19(26)11-8-17/h2-13H,14-15H2,1H3,(H,27,29). The Morgan fingerprint density at radius 2 is 1.78 bits per heavy atom. The van der Waals surface area contributed by atoms with Crippen molar-refractivity contribution in [2.24, 2.45) is 0 Å². The van der Waals surface area contributed by atoms with Crippen molar-refractivity contribution in [3.8, 4) is 0 Å². The summed E-state index contributed by atoms with van der Waals surface area (Å²) in [6.07, 6.45) is 1.48. The second kappa shape index (κ2) is 8.76. The third-order valence-electron chi connectivity index (χ3n) is 5.14. The van der Waals surface area contributed by atoms with Crippen LogP contribution in [0.2, 0.25) is 5.02 Å². The summed E-state index contributed by atoms with van der Waals surface area (Å²) in [6, 6.07) is 17.6. The van der Waals surface area contributed by atoms with Gasteiger partial charge in [-0.15, -0.1) is 0 Å². The molecule has 0 aliphatic rings. The van der Waals surface area contributed by atoms with Crippen molar-refractivity contribution in [1.29, 1.82) is 0 Å². The minimum Gasteiger partial charge on any atom is -0.337 e. The fraction of sp³-hybridized carbons (Fsp3) is 0.125. The van der Waals surface area contributed by atoms with E-state index in [9.17, 15) is 17.6 Å². The second-order valence-electron chi connectivity index (χ2n) is 7.53. The first-order valence-electron chi connectivity index (χ1n) is 9.84. The molecule has 0 saturated heterocycles. The normalized spacial score (nSPS) is 11.6. The summed E-state index contributed by atoms with van der Waals surface area (Å²) in [7, 11) is -3.73. The summed E-state index contributed by atoms with van der Waals surface area (Å²) < 4.78 is 41.1. The van der Waals surface area contributed by atoms with Crippen LogP contribution < -0.4 is 5.32 Å². The lowest BCUT2D eigenvalue weighted by molar-refractivity contribution is -0.116. The number of rotatable bonds is 6. The van der Waals surface area contributed by atoms with Gasteiger partial charge in [-0.25, -0.2) is 12.8 Å². The lowest BCUT2D eigenvalue weighted by Gasteiger charge is -2.10. The first-order chi connectivity index (χ1) is 15.2. The summed E-state index contributed by atoms with van der Waals surface area (Å²) in [5.74, 6) is -1.00. The van der Waals surface area contributed by atoms with Crippen LogP contribution in [0.4, 0.5) is 10.1 Å². The van der Waals surface area contributed by atoms with Crippen molar-refractivity contribution in [2.75, 3.05) is 5.32 Å². The first-order valence-corrected chi connectivity index (χ1v) is 11.9. The molecule has 0 radical (unpaired) electrons. The molecule has 164 valence electrons. The molecular formula is C24H20ClFN2O3S. The van der Waals surface area contributed by atoms with Gasteiger partial charge < -0.3 is 9.88 Å². The average Bonchev–Trinajstić information content (AvgIpc) is 3.12. The lowest BCUT2D eigenvalue weighted by atomic mass is 10.2. The molecule has 0 unspecified atom stereocenters. The largest absolute Gasteiger partial charge is 0.337 e. The number of halogens is 2. The van der Waals surface area contributed by atoms with Gasteiger partial charge in [0.15, 0.2) is 9.84 Å². The molecule has 4 aromatic rings. The van der Waals surface area contributed by atoms with Gasteiger partial charge in [-0.1, -0.05) is 48.0 Å². The molecular weight excluding hydrogens is 451 g/mol. The number of fused-ring (bicyclic) bond motifs is 1. The van der Waals surface area contributed by atoms with Gasteiger partial charge in [-0.05, 0) is 48.4 Å². The highest BCUT2D eigenvalue weighted by atomic mass is 35.5. The Morgan fingerprint density at radius 3 is 2.53 bits per heavy atom. The monoisotopic (exact) mass is 470 g/mol. The number of nitrogens with zero attached hydrogens (tertiary/aromatic N) is 1. The zero-order valence-corrected chi connectivity index (χ0v) is 18.8. The molecule has 4 rings (SSSR count). The topological polar surface area (TPSA) is 68.2 Å². The highest BCUT2D eigenvalue weighted by Crippen LogP contribution is 2.28. The Bertz CT molecular complexity index is 1410. The maximum absolute atomic E-state index is 13.2. The SMILES string of the molecule is Cc1ccc(Cl)cc1NC(=O)Cn1cc(S(=O)(=O)Cc2ccc(F)cc2)c2ccccc21. The van der Waals surface area contributed by atoms with E-state index in [0.29, 0.717) is 27.2 Å². The van der Waals surface area contributed by atoms with Crippen LogP contribution >= 0.6 is 11.6 Å². The van der Waals surface area contributed by atoms with E-state index in [4.69, 9.17) is 11.6 Å². The highest BCUT2D eigenvalue weighted by Gasteiger charge is 2.22. The molecule has 0 saturated carbocycles. The van der Waals surface area contributed by atoms with E-state index < -0.39 is 15.7 Å². The summed E-state index contributed by atoms with van der Waals surface area (Å²) in [5.41, 5.74) is 2.58. The van der Waals surface area contributed by atoms with Crippen LogP contribution in [0.1, 0.15) is 11.1 Å². The predicted octanol–water partition coefficient (Wildman–Crippen LogP) is 5.35. The van der Waals surface area contributed by atoms with Crippen molar-refractivity contribution in [3.63, 3.8) is 0 Å². The zero-order chi connectivity index (χ0) is 22.9. The van der Waals surface area contributed by atoms with Gasteiger partial charge in [0.25, 0.3) is 0 Å². The van der Waals surface area contributed by atoms with Gasteiger partial charge in [0.05, 0.1) is 10.6 Å². The van der Waals surface area contributed by atoms with E-state index in [1.54, 1.807) is 41.0 Å². The fourth-order valence-corrected chi connectivity index (χ4v) is 5.30. The van der Waals surface area contributed by atoms with Gasteiger partial charge >= 0.3 is 0 Å². The number of hydrogen-bond donors (Lipinski definition) is 1. The van der Waals surface area contributed by atoms with Crippen LogP contribution in [0.15, 0.2) is 77.8 Å². The number of carbonyl (C=O) groups excluding carboxylic acids is 1. The van der Waals surface area contributed by atoms with Crippen LogP contribution in [0.3, 0.4) is 0 Å². The van der Waals surface area contributed by atoms with E-state index in [1.165, 1.54) is 30.5 Å². The molecule has 5 nitrogen and oxygen atoms in total. The Kier molecular flexibility index (Phi) is 6.04. The van der Waals surface area contributed by atoms with Crippen molar-refractivity contribution in [2.45, 2.75) is 24.1 Å². The van der Waals surface area contributed by atoms with Crippen LogP contribution in [-0.4, -0.2) is 18.9 Å². The number of aryl methyl sites for hydroxylation is 1. The van der Waals surface area contributed by atoms with E-state index in [-0.39, 0.29) is 23.1 Å². The Hall–Kier alpha value is -3.16. The number of nitrogens with one attached hydrogen (secondary N) is 1. The fourth-order valence-electron chi connectivity index (χ4n) is 3.54. The number of aromatic nitrogens is 1. The number of amides is 1. The average molecular weight is 471 g/mol. The lowest BCUT2D eigenvalue weighted by Crippen LogP contribution is -2.18. The molecule has 32 heavy (non-hydrogen) atoms. The molecule has 1 heterocycles. The Labute approximate surface area is 190 Å². The summed E-state index contributed by atoms with van der Waals surface area (Å²) in [6.45, 7) is 1.79. The number of carbonyl (C=O) groups is 1. The van der Waals surface area contributed by atoms with Crippen LogP contribution in [-0.2, 0) is 26.9 Å².